The molecule has 1 aromatic carbocycles. The molecule has 0 unspecified atom stereocenters. The Morgan fingerprint density at radius 2 is 1.83 bits per heavy atom. The molecule has 3 amide bonds. The van der Waals surface area contributed by atoms with Gasteiger partial charge in [-0.3, -0.25) is 10.1 Å². The first-order valence-corrected chi connectivity index (χ1v) is 10.9. The van der Waals surface area contributed by atoms with Crippen molar-refractivity contribution in [2.75, 3.05) is 32.9 Å². The second-order valence-electron chi connectivity index (χ2n) is 7.49. The Bertz CT molecular complexity index is 922. The summed E-state index contributed by atoms with van der Waals surface area (Å²) in [6, 6.07) is 2.91. The number of nitrogens with one attached hydrogen (secondary N) is 2. The Hall–Kier alpha value is -2.21. The van der Waals surface area contributed by atoms with E-state index in [4.69, 9.17) is 21.1 Å². The molecule has 0 aliphatic carbocycles. The number of benzene rings is 1. The summed E-state index contributed by atoms with van der Waals surface area (Å²) in [5, 5.41) is 4.51. The van der Waals surface area contributed by atoms with Gasteiger partial charge < -0.3 is 14.8 Å². The third-order valence-corrected chi connectivity index (χ3v) is 6.07. The van der Waals surface area contributed by atoms with Gasteiger partial charge in [0.15, 0.2) is 6.61 Å². The standard InChI is InChI=1S/C18H24ClN3O7S/c1-18(2,3)21-17(25)20-15(23)11-29-16(24)13-10-12(4-5-14(13)19)30(26,27)22-6-8-28-9-7-22/h4-5,10H,6-9,11H2,1-3H3,(H2,20,21,23,25). The van der Waals surface area contributed by atoms with E-state index in [2.05, 4.69) is 5.32 Å². The topological polar surface area (TPSA) is 131 Å². The van der Waals surface area contributed by atoms with Gasteiger partial charge in [0.25, 0.3) is 5.91 Å². The number of nitrogens with zero attached hydrogens (tertiary/aromatic N) is 1. The van der Waals surface area contributed by atoms with E-state index in [0.717, 1.165) is 6.07 Å². The summed E-state index contributed by atoms with van der Waals surface area (Å²) in [7, 11) is -3.84. The number of halogens is 1. The number of esters is 1. The van der Waals surface area contributed by atoms with Crippen molar-refractivity contribution in [3.8, 4) is 0 Å². The van der Waals surface area contributed by atoms with Crippen molar-refractivity contribution in [3.63, 3.8) is 0 Å². The molecule has 2 N–H and O–H groups in total. The van der Waals surface area contributed by atoms with Crippen LogP contribution in [0.5, 0.6) is 0 Å². The number of rotatable bonds is 5. The van der Waals surface area contributed by atoms with Crippen LogP contribution in [-0.4, -0.2) is 69.1 Å². The number of ether oxygens (including phenoxy) is 2. The lowest BCUT2D eigenvalue weighted by molar-refractivity contribution is -0.123. The number of carbonyl (C=O) groups excluding carboxylic acids is 3. The third kappa shape index (κ3) is 6.66. The summed E-state index contributed by atoms with van der Waals surface area (Å²) in [4.78, 5) is 35.6. The highest BCUT2D eigenvalue weighted by Gasteiger charge is 2.28. The molecule has 0 radical (unpaired) electrons. The van der Waals surface area contributed by atoms with E-state index >= 15 is 0 Å². The van der Waals surface area contributed by atoms with E-state index in [0.29, 0.717) is 0 Å². The Balaban J connectivity index is 2.04. The lowest BCUT2D eigenvalue weighted by Crippen LogP contribution is -2.49. The van der Waals surface area contributed by atoms with Crippen LogP contribution >= 0.6 is 11.6 Å². The van der Waals surface area contributed by atoms with E-state index in [1.807, 2.05) is 5.32 Å². The molecular formula is C18H24ClN3O7S. The molecule has 0 aromatic heterocycles. The van der Waals surface area contributed by atoms with E-state index in [1.54, 1.807) is 20.8 Å². The largest absolute Gasteiger partial charge is 0.452 e. The molecule has 2 rings (SSSR count). The molecule has 30 heavy (non-hydrogen) atoms. The van der Waals surface area contributed by atoms with Gasteiger partial charge >= 0.3 is 12.0 Å². The first kappa shape index (κ1) is 24.1. The number of carbonyl (C=O) groups is 3. The van der Waals surface area contributed by atoms with Gasteiger partial charge in [-0.1, -0.05) is 11.6 Å². The molecule has 0 atom stereocenters. The maximum atomic E-state index is 12.7. The summed E-state index contributed by atoms with van der Waals surface area (Å²) >= 11 is 6.01. The van der Waals surface area contributed by atoms with Gasteiger partial charge in [0.1, 0.15) is 0 Å². The number of amides is 3. The van der Waals surface area contributed by atoms with E-state index in [9.17, 15) is 22.8 Å². The van der Waals surface area contributed by atoms with Crippen LogP contribution in [0.15, 0.2) is 23.1 Å². The van der Waals surface area contributed by atoms with Gasteiger partial charge in [-0.25, -0.2) is 18.0 Å². The highest BCUT2D eigenvalue weighted by molar-refractivity contribution is 7.89. The minimum Gasteiger partial charge on any atom is -0.452 e. The minimum absolute atomic E-state index is 0.0354. The average Bonchev–Trinajstić information content (AvgIpc) is 2.65. The van der Waals surface area contributed by atoms with Gasteiger partial charge in [-0.15, -0.1) is 0 Å². The Morgan fingerprint density at radius 1 is 1.20 bits per heavy atom. The average molecular weight is 462 g/mol. The lowest BCUT2D eigenvalue weighted by atomic mass is 10.1. The molecule has 10 nitrogen and oxygen atoms in total. The number of hydrogen-bond acceptors (Lipinski definition) is 7. The number of urea groups is 1. The van der Waals surface area contributed by atoms with Gasteiger partial charge in [-0.2, -0.15) is 4.31 Å². The quantitative estimate of drug-likeness (QED) is 0.628. The maximum absolute atomic E-state index is 12.7. The van der Waals surface area contributed by atoms with Crippen LogP contribution in [0.25, 0.3) is 0 Å². The van der Waals surface area contributed by atoms with Crippen LogP contribution in [0.2, 0.25) is 5.02 Å². The highest BCUT2D eigenvalue weighted by Crippen LogP contribution is 2.24. The smallest absolute Gasteiger partial charge is 0.340 e. The summed E-state index contributed by atoms with van der Waals surface area (Å²) in [6.07, 6.45) is 0. The molecule has 1 aromatic rings. The molecule has 0 spiro atoms. The zero-order chi connectivity index (χ0) is 22.5. The monoisotopic (exact) mass is 461 g/mol. The van der Waals surface area contributed by atoms with Crippen molar-refractivity contribution in [2.45, 2.75) is 31.2 Å². The van der Waals surface area contributed by atoms with Crippen LogP contribution in [0.3, 0.4) is 0 Å². The van der Waals surface area contributed by atoms with Crippen molar-refractivity contribution in [1.29, 1.82) is 0 Å². The number of hydrogen-bond donors (Lipinski definition) is 2. The summed E-state index contributed by atoms with van der Waals surface area (Å²) in [5.41, 5.74) is -0.765. The molecule has 1 aliphatic heterocycles. The molecule has 0 bridgehead atoms. The fourth-order valence-electron chi connectivity index (χ4n) is 2.50. The molecule has 1 fully saturated rings. The van der Waals surface area contributed by atoms with Crippen molar-refractivity contribution in [1.82, 2.24) is 14.9 Å². The predicted molar refractivity (Wildman–Crippen MR) is 108 cm³/mol. The first-order chi connectivity index (χ1) is 13.9. The zero-order valence-corrected chi connectivity index (χ0v) is 18.4. The normalized spacial score (nSPS) is 15.3. The Labute approximate surface area is 179 Å². The van der Waals surface area contributed by atoms with Gasteiger partial charge in [0.2, 0.25) is 10.0 Å². The van der Waals surface area contributed by atoms with Gasteiger partial charge in [0, 0.05) is 18.6 Å². The highest BCUT2D eigenvalue weighted by atomic mass is 35.5. The molecule has 12 heteroatoms. The van der Waals surface area contributed by atoms with Crippen molar-refractivity contribution in [3.05, 3.63) is 28.8 Å². The summed E-state index contributed by atoms with van der Waals surface area (Å²) in [6.45, 7) is 5.40. The molecule has 0 saturated carbocycles. The third-order valence-electron chi connectivity index (χ3n) is 3.84. The second-order valence-corrected chi connectivity index (χ2v) is 9.83. The van der Waals surface area contributed by atoms with E-state index in [-0.39, 0.29) is 41.8 Å². The fourth-order valence-corrected chi connectivity index (χ4v) is 4.13. The minimum atomic E-state index is -3.84. The van der Waals surface area contributed by atoms with Crippen LogP contribution in [-0.2, 0) is 24.3 Å². The first-order valence-electron chi connectivity index (χ1n) is 9.07. The number of imide groups is 1. The summed E-state index contributed by atoms with van der Waals surface area (Å²) in [5.74, 6) is -1.84. The SMILES string of the molecule is CC(C)(C)NC(=O)NC(=O)COC(=O)c1cc(S(=O)(=O)N2CCOCC2)ccc1Cl. The van der Waals surface area contributed by atoms with Crippen LogP contribution in [0.1, 0.15) is 31.1 Å². The Morgan fingerprint density at radius 3 is 2.43 bits per heavy atom. The number of morpholine rings is 1. The molecule has 1 aliphatic rings. The maximum Gasteiger partial charge on any atom is 0.340 e. The van der Waals surface area contributed by atoms with Crippen molar-refractivity contribution in [2.24, 2.45) is 0 Å². The van der Waals surface area contributed by atoms with Crippen molar-refractivity contribution >= 4 is 39.5 Å². The van der Waals surface area contributed by atoms with Crippen LogP contribution in [0, 0.1) is 0 Å². The Kier molecular flexibility index (Phi) is 7.81. The fraction of sp³-hybridized carbons (Fsp3) is 0.500. The molecular weight excluding hydrogens is 438 g/mol. The molecule has 1 heterocycles. The second kappa shape index (κ2) is 9.73. The molecule has 166 valence electrons. The predicted octanol–water partition coefficient (Wildman–Crippen LogP) is 1.14. The number of sulfonamides is 1. The van der Waals surface area contributed by atoms with Crippen LogP contribution in [0.4, 0.5) is 4.79 Å². The lowest BCUT2D eigenvalue weighted by Gasteiger charge is -2.26. The van der Waals surface area contributed by atoms with Crippen molar-refractivity contribution < 1.29 is 32.3 Å². The van der Waals surface area contributed by atoms with E-state index < -0.39 is 40.1 Å². The van der Waals surface area contributed by atoms with Crippen LogP contribution < -0.4 is 10.6 Å². The van der Waals surface area contributed by atoms with Gasteiger partial charge in [0.05, 0.1) is 28.7 Å². The molecule has 1 saturated heterocycles. The summed E-state index contributed by atoms with van der Waals surface area (Å²) < 4.78 is 36.8. The van der Waals surface area contributed by atoms with E-state index in [1.165, 1.54) is 16.4 Å². The van der Waals surface area contributed by atoms with Gasteiger partial charge in [-0.05, 0) is 39.0 Å². The zero-order valence-electron chi connectivity index (χ0n) is 16.9.